The molecule has 19 heavy (non-hydrogen) atoms. The van der Waals surface area contributed by atoms with Gasteiger partial charge in [-0.3, -0.25) is 11.3 Å². The van der Waals surface area contributed by atoms with Crippen molar-refractivity contribution < 1.29 is 4.74 Å². The van der Waals surface area contributed by atoms with Gasteiger partial charge in [-0.15, -0.1) is 11.3 Å². The van der Waals surface area contributed by atoms with Crippen molar-refractivity contribution in [1.82, 2.24) is 10.4 Å². The molecule has 1 unspecified atom stereocenters. The molecule has 4 nitrogen and oxygen atoms in total. The van der Waals surface area contributed by atoms with E-state index in [0.717, 1.165) is 23.4 Å². The van der Waals surface area contributed by atoms with Crippen LogP contribution >= 0.6 is 11.3 Å². The van der Waals surface area contributed by atoms with Crippen LogP contribution in [0.15, 0.2) is 24.3 Å². The lowest BCUT2D eigenvalue weighted by Gasteiger charge is -2.27. The molecule has 0 spiro atoms. The van der Waals surface area contributed by atoms with Gasteiger partial charge in [-0.05, 0) is 32.4 Å². The normalized spacial score (nSPS) is 13.9. The Bertz CT molecular complexity index is 505. The highest BCUT2D eigenvalue weighted by Gasteiger charge is 2.23. The highest BCUT2D eigenvalue weighted by Crippen LogP contribution is 2.24. The molecule has 1 aromatic heterocycles. The van der Waals surface area contributed by atoms with Crippen LogP contribution in [0.25, 0.3) is 10.2 Å². The average Bonchev–Trinajstić information content (AvgIpc) is 2.79. The first-order valence-electron chi connectivity index (χ1n) is 6.40. The molecule has 1 atom stereocenters. The van der Waals surface area contributed by atoms with Crippen molar-refractivity contribution in [1.29, 1.82) is 0 Å². The van der Waals surface area contributed by atoms with E-state index in [0.29, 0.717) is 0 Å². The number of rotatable bonds is 6. The molecule has 0 radical (unpaired) electrons. The van der Waals surface area contributed by atoms with E-state index in [9.17, 15) is 0 Å². The summed E-state index contributed by atoms with van der Waals surface area (Å²) in [6.45, 7) is 4.13. The van der Waals surface area contributed by atoms with Crippen LogP contribution in [0, 0.1) is 0 Å². The van der Waals surface area contributed by atoms with Crippen molar-refractivity contribution >= 4 is 21.6 Å². The summed E-state index contributed by atoms with van der Waals surface area (Å²) in [7, 11) is 1.73. The number of hydrogen-bond acceptors (Lipinski definition) is 5. The van der Waals surface area contributed by atoms with Crippen molar-refractivity contribution in [3.8, 4) is 0 Å². The zero-order chi connectivity index (χ0) is 13.9. The minimum absolute atomic E-state index is 0.163. The van der Waals surface area contributed by atoms with Crippen molar-refractivity contribution in [2.75, 3.05) is 7.11 Å². The molecule has 5 heteroatoms. The fraction of sp³-hybridized carbons (Fsp3) is 0.500. The van der Waals surface area contributed by atoms with Crippen LogP contribution in [0.2, 0.25) is 0 Å². The molecule has 0 saturated carbocycles. The average molecular weight is 279 g/mol. The number of aromatic nitrogens is 1. The Morgan fingerprint density at radius 1 is 1.42 bits per heavy atom. The molecular formula is C14H21N3OS. The molecule has 0 amide bonds. The van der Waals surface area contributed by atoms with Gasteiger partial charge < -0.3 is 4.74 Å². The lowest BCUT2D eigenvalue weighted by Crippen LogP contribution is -2.42. The first kappa shape index (κ1) is 14.4. The zero-order valence-electron chi connectivity index (χ0n) is 11.6. The molecule has 2 rings (SSSR count). The predicted molar refractivity (Wildman–Crippen MR) is 80.1 cm³/mol. The molecule has 0 saturated heterocycles. The van der Waals surface area contributed by atoms with Crippen molar-refractivity contribution in [2.45, 2.75) is 38.3 Å². The van der Waals surface area contributed by atoms with Crippen molar-refractivity contribution in [2.24, 2.45) is 5.84 Å². The Kier molecular flexibility index (Phi) is 4.52. The van der Waals surface area contributed by atoms with Gasteiger partial charge in [0.15, 0.2) is 0 Å². The maximum Gasteiger partial charge on any atom is 0.0954 e. The van der Waals surface area contributed by atoms with Crippen molar-refractivity contribution in [3.05, 3.63) is 29.3 Å². The summed E-state index contributed by atoms with van der Waals surface area (Å²) in [6, 6.07) is 8.35. The van der Waals surface area contributed by atoms with Gasteiger partial charge in [-0.2, -0.15) is 0 Å². The van der Waals surface area contributed by atoms with Gasteiger partial charge in [-0.1, -0.05) is 12.1 Å². The molecule has 0 fully saturated rings. The molecule has 0 bridgehead atoms. The number of para-hydroxylation sites is 1. The minimum atomic E-state index is -0.187. The Morgan fingerprint density at radius 2 is 2.16 bits per heavy atom. The Hall–Kier alpha value is -1.01. The second-order valence-corrected chi connectivity index (χ2v) is 6.43. The van der Waals surface area contributed by atoms with E-state index >= 15 is 0 Å². The number of nitrogens with two attached hydrogens (primary N) is 1. The minimum Gasteiger partial charge on any atom is -0.379 e. The maximum absolute atomic E-state index is 5.65. The smallest absolute Gasteiger partial charge is 0.0954 e. The number of fused-ring (bicyclic) bond motifs is 1. The molecule has 0 aliphatic carbocycles. The third-order valence-corrected chi connectivity index (χ3v) is 4.34. The molecule has 2 aromatic rings. The third-order valence-electron chi connectivity index (χ3n) is 3.29. The summed E-state index contributed by atoms with van der Waals surface area (Å²) in [6.07, 6.45) is 1.67. The van der Waals surface area contributed by atoms with E-state index in [1.54, 1.807) is 18.4 Å². The van der Waals surface area contributed by atoms with Crippen LogP contribution in [0.4, 0.5) is 0 Å². The standard InChI is InChI=1S/C14H21N3OS/c1-14(2,18-3)9-10(17-15)8-13-16-11-6-4-5-7-12(11)19-13/h4-7,10,17H,8-9,15H2,1-3H3. The molecule has 0 aliphatic heterocycles. The number of ether oxygens (including phenoxy) is 1. The number of nitrogens with zero attached hydrogens (tertiary/aromatic N) is 1. The second kappa shape index (κ2) is 5.96. The van der Waals surface area contributed by atoms with Gasteiger partial charge >= 0.3 is 0 Å². The van der Waals surface area contributed by atoms with Gasteiger partial charge in [-0.25, -0.2) is 4.98 Å². The van der Waals surface area contributed by atoms with E-state index in [1.807, 2.05) is 18.2 Å². The van der Waals surface area contributed by atoms with Crippen LogP contribution in [-0.2, 0) is 11.2 Å². The highest BCUT2D eigenvalue weighted by atomic mass is 32.1. The summed E-state index contributed by atoms with van der Waals surface area (Å²) >= 11 is 1.73. The maximum atomic E-state index is 5.65. The first-order chi connectivity index (χ1) is 9.04. The SMILES string of the molecule is COC(C)(C)CC(Cc1nc2ccccc2s1)NN. The number of nitrogens with one attached hydrogen (secondary N) is 1. The van der Waals surface area contributed by atoms with E-state index in [2.05, 4.69) is 30.3 Å². The number of hydrogen-bond donors (Lipinski definition) is 2. The van der Waals surface area contributed by atoms with Crippen molar-refractivity contribution in [3.63, 3.8) is 0 Å². The molecule has 1 heterocycles. The van der Waals surface area contributed by atoms with E-state index in [-0.39, 0.29) is 11.6 Å². The third kappa shape index (κ3) is 3.73. The first-order valence-corrected chi connectivity index (χ1v) is 7.21. The fourth-order valence-electron chi connectivity index (χ4n) is 2.08. The zero-order valence-corrected chi connectivity index (χ0v) is 12.5. The predicted octanol–water partition coefficient (Wildman–Crippen LogP) is 2.49. The van der Waals surface area contributed by atoms with Gasteiger partial charge in [0.05, 0.1) is 20.8 Å². The molecule has 0 aliphatic rings. The molecule has 104 valence electrons. The monoisotopic (exact) mass is 279 g/mol. The fourth-order valence-corrected chi connectivity index (χ4v) is 3.13. The van der Waals surface area contributed by atoms with E-state index < -0.39 is 0 Å². The number of thiazole rings is 1. The summed E-state index contributed by atoms with van der Waals surface area (Å²) in [4.78, 5) is 4.64. The van der Waals surface area contributed by atoms with Gasteiger partial charge in [0.1, 0.15) is 0 Å². The van der Waals surface area contributed by atoms with Gasteiger partial charge in [0, 0.05) is 19.6 Å². The second-order valence-electron chi connectivity index (χ2n) is 5.31. The lowest BCUT2D eigenvalue weighted by molar-refractivity contribution is 0.00711. The van der Waals surface area contributed by atoms with Crippen LogP contribution in [-0.4, -0.2) is 23.7 Å². The Labute approximate surface area is 118 Å². The van der Waals surface area contributed by atoms with E-state index in [4.69, 9.17) is 10.6 Å². The number of methoxy groups -OCH3 is 1. The summed E-state index contributed by atoms with van der Waals surface area (Å²) in [5, 5.41) is 1.11. The quantitative estimate of drug-likeness (QED) is 0.630. The number of hydrazine groups is 1. The molecule has 1 aromatic carbocycles. The Morgan fingerprint density at radius 3 is 2.79 bits per heavy atom. The van der Waals surface area contributed by atoms with Crippen LogP contribution in [0.1, 0.15) is 25.3 Å². The van der Waals surface area contributed by atoms with E-state index in [1.165, 1.54) is 4.70 Å². The van der Waals surface area contributed by atoms with Gasteiger partial charge in [0.25, 0.3) is 0 Å². The van der Waals surface area contributed by atoms with Gasteiger partial charge in [0.2, 0.25) is 0 Å². The van der Waals surface area contributed by atoms with Crippen LogP contribution < -0.4 is 11.3 Å². The topological polar surface area (TPSA) is 60.2 Å². The summed E-state index contributed by atoms with van der Waals surface area (Å²) < 4.78 is 6.68. The Balaban J connectivity index is 2.09. The summed E-state index contributed by atoms with van der Waals surface area (Å²) in [5.74, 6) is 5.65. The highest BCUT2D eigenvalue weighted by molar-refractivity contribution is 7.18. The summed E-state index contributed by atoms with van der Waals surface area (Å²) in [5.41, 5.74) is 3.74. The molecular weight excluding hydrogens is 258 g/mol. The van der Waals surface area contributed by atoms with Crippen LogP contribution in [0.3, 0.4) is 0 Å². The van der Waals surface area contributed by atoms with Crippen LogP contribution in [0.5, 0.6) is 0 Å². The number of benzene rings is 1. The largest absolute Gasteiger partial charge is 0.379 e. The molecule has 3 N–H and O–H groups in total. The lowest BCUT2D eigenvalue weighted by atomic mass is 9.97.